The Morgan fingerprint density at radius 1 is 1.42 bits per heavy atom. The second-order valence-electron chi connectivity index (χ2n) is 5.75. The Kier molecular flexibility index (Phi) is 4.66. The van der Waals surface area contributed by atoms with E-state index < -0.39 is 24.5 Å². The van der Waals surface area contributed by atoms with Gasteiger partial charge in [0.05, 0.1) is 35.1 Å². The molecule has 0 saturated carbocycles. The smallest absolute Gasteiger partial charge is 0.328 e. The van der Waals surface area contributed by atoms with E-state index in [4.69, 9.17) is 21.8 Å². The highest BCUT2D eigenvalue weighted by atomic mass is 35.5. The molecule has 2 aromatic rings. The van der Waals surface area contributed by atoms with Crippen LogP contribution in [-0.4, -0.2) is 62.1 Å². The Bertz CT molecular complexity index is 910. The quantitative estimate of drug-likeness (QED) is 0.702. The van der Waals surface area contributed by atoms with Gasteiger partial charge in [-0.3, -0.25) is 14.2 Å². The summed E-state index contributed by atoms with van der Waals surface area (Å²) in [5, 5.41) is 20.5. The molecule has 2 amide bonds. The van der Waals surface area contributed by atoms with E-state index in [9.17, 15) is 14.4 Å². The van der Waals surface area contributed by atoms with Gasteiger partial charge < -0.3 is 20.4 Å². The van der Waals surface area contributed by atoms with Crippen LogP contribution in [0.1, 0.15) is 26.5 Å². The van der Waals surface area contributed by atoms with Crippen molar-refractivity contribution in [2.75, 3.05) is 13.7 Å². The van der Waals surface area contributed by atoms with Crippen LogP contribution in [0.2, 0.25) is 5.02 Å². The number of nitrogens with zero attached hydrogens (tertiary/aromatic N) is 3. The molecule has 0 fully saturated rings. The molecule has 1 aromatic carbocycles. The highest BCUT2D eigenvalue weighted by molar-refractivity contribution is 6.34. The third kappa shape index (κ3) is 2.91. The fraction of sp³-hybridized carbons (Fsp3) is 0.250. The molecule has 3 rings (SSSR count). The fourth-order valence-corrected chi connectivity index (χ4v) is 3.00. The molecular formula is C16H15ClN4O5. The van der Waals surface area contributed by atoms with Crippen molar-refractivity contribution in [2.24, 2.45) is 0 Å². The summed E-state index contributed by atoms with van der Waals surface area (Å²) in [7, 11) is 1.56. The Balaban J connectivity index is 2.07. The third-order valence-electron chi connectivity index (χ3n) is 4.07. The number of fused-ring (bicyclic) bond motifs is 3. The van der Waals surface area contributed by atoms with Crippen molar-refractivity contribution in [1.82, 2.24) is 19.8 Å². The van der Waals surface area contributed by atoms with Crippen molar-refractivity contribution in [3.63, 3.8) is 0 Å². The monoisotopic (exact) mass is 378 g/mol. The number of carboxylic acids is 1. The van der Waals surface area contributed by atoms with E-state index in [-0.39, 0.29) is 23.2 Å². The van der Waals surface area contributed by atoms with Crippen molar-refractivity contribution in [3.8, 4) is 5.69 Å². The van der Waals surface area contributed by atoms with Crippen LogP contribution in [0.25, 0.3) is 5.69 Å². The number of nitrogens with one attached hydrogen (secondary N) is 1. The summed E-state index contributed by atoms with van der Waals surface area (Å²) in [5.41, 5.74) is 1.14. The van der Waals surface area contributed by atoms with Crippen LogP contribution >= 0.6 is 11.6 Å². The number of halogens is 1. The van der Waals surface area contributed by atoms with E-state index in [1.165, 1.54) is 11.2 Å². The van der Waals surface area contributed by atoms with E-state index >= 15 is 0 Å². The molecule has 0 saturated heterocycles. The summed E-state index contributed by atoms with van der Waals surface area (Å²) in [5.74, 6) is -2.43. The van der Waals surface area contributed by atoms with Crippen molar-refractivity contribution in [1.29, 1.82) is 0 Å². The lowest BCUT2D eigenvalue weighted by Gasteiger charge is -2.15. The van der Waals surface area contributed by atoms with E-state index in [1.807, 2.05) is 0 Å². The number of benzene rings is 1. The Morgan fingerprint density at radius 3 is 2.81 bits per heavy atom. The van der Waals surface area contributed by atoms with Crippen LogP contribution in [0.4, 0.5) is 0 Å². The second-order valence-corrected chi connectivity index (χ2v) is 6.16. The first-order chi connectivity index (χ1) is 12.3. The molecule has 0 radical (unpaired) electrons. The second kappa shape index (κ2) is 6.77. The molecule has 1 atom stereocenters. The summed E-state index contributed by atoms with van der Waals surface area (Å²) < 4.78 is 1.58. The largest absolute Gasteiger partial charge is 0.480 e. The van der Waals surface area contributed by atoms with Crippen LogP contribution in [0, 0.1) is 0 Å². The first-order valence-corrected chi connectivity index (χ1v) is 7.98. The summed E-state index contributed by atoms with van der Waals surface area (Å²) in [6.07, 6.45) is 1.38. The zero-order chi connectivity index (χ0) is 19.0. The predicted molar refractivity (Wildman–Crippen MR) is 90.3 cm³/mol. The molecule has 3 N–H and O–H groups in total. The van der Waals surface area contributed by atoms with E-state index in [1.54, 1.807) is 29.8 Å². The van der Waals surface area contributed by atoms with Gasteiger partial charge in [0.2, 0.25) is 0 Å². The SMILES string of the molecule is CN1Cc2c(C(=O)N[C@@H](CO)C(=O)O)ncn2-c2cccc(Cl)c2C1=O. The Labute approximate surface area is 152 Å². The zero-order valence-corrected chi connectivity index (χ0v) is 14.4. The van der Waals surface area contributed by atoms with Gasteiger partial charge in [-0.1, -0.05) is 17.7 Å². The molecule has 0 spiro atoms. The van der Waals surface area contributed by atoms with Gasteiger partial charge in [0.15, 0.2) is 11.7 Å². The molecule has 9 nitrogen and oxygen atoms in total. The van der Waals surface area contributed by atoms with Crippen LogP contribution in [0.3, 0.4) is 0 Å². The van der Waals surface area contributed by atoms with E-state index in [0.717, 1.165) is 0 Å². The minimum Gasteiger partial charge on any atom is -0.480 e. The summed E-state index contributed by atoms with van der Waals surface area (Å²) >= 11 is 6.18. The highest BCUT2D eigenvalue weighted by Crippen LogP contribution is 2.30. The topological polar surface area (TPSA) is 125 Å². The summed E-state index contributed by atoms with van der Waals surface area (Å²) in [6, 6.07) is 3.50. The molecule has 10 heteroatoms. The number of carboxylic acid groups (broad SMARTS) is 1. The number of hydrogen-bond acceptors (Lipinski definition) is 5. The van der Waals surface area contributed by atoms with Crippen molar-refractivity contribution >= 4 is 29.4 Å². The number of carbonyl (C=O) groups excluding carboxylic acids is 2. The first-order valence-electron chi connectivity index (χ1n) is 7.60. The lowest BCUT2D eigenvalue weighted by atomic mass is 10.1. The molecule has 0 unspecified atom stereocenters. The minimum absolute atomic E-state index is 0.0304. The summed E-state index contributed by atoms with van der Waals surface area (Å²) in [4.78, 5) is 41.5. The van der Waals surface area contributed by atoms with Crippen molar-refractivity contribution in [2.45, 2.75) is 12.6 Å². The minimum atomic E-state index is -1.45. The number of hydrogen-bond donors (Lipinski definition) is 3. The van der Waals surface area contributed by atoms with Crippen molar-refractivity contribution < 1.29 is 24.6 Å². The van der Waals surface area contributed by atoms with Gasteiger partial charge in [-0.15, -0.1) is 0 Å². The third-order valence-corrected chi connectivity index (χ3v) is 4.38. The van der Waals surface area contributed by atoms with Crippen molar-refractivity contribution in [3.05, 3.63) is 46.5 Å². The maximum atomic E-state index is 12.6. The van der Waals surface area contributed by atoms with Crippen LogP contribution in [0.15, 0.2) is 24.5 Å². The van der Waals surface area contributed by atoms with Gasteiger partial charge in [0.25, 0.3) is 11.8 Å². The van der Waals surface area contributed by atoms with Gasteiger partial charge in [-0.2, -0.15) is 0 Å². The number of amides is 2. The zero-order valence-electron chi connectivity index (χ0n) is 13.6. The Morgan fingerprint density at radius 2 is 2.15 bits per heavy atom. The summed E-state index contributed by atoms with van der Waals surface area (Å²) in [6.45, 7) is -0.683. The number of aliphatic hydroxyl groups is 1. The van der Waals surface area contributed by atoms with Gasteiger partial charge in [-0.05, 0) is 12.1 Å². The molecular weight excluding hydrogens is 364 g/mol. The fourth-order valence-electron chi connectivity index (χ4n) is 2.75. The van der Waals surface area contributed by atoms with Crippen LogP contribution < -0.4 is 5.32 Å². The Hall–Kier alpha value is -2.91. The van der Waals surface area contributed by atoms with Gasteiger partial charge in [0, 0.05) is 7.05 Å². The molecule has 0 aliphatic carbocycles. The molecule has 0 bridgehead atoms. The van der Waals surface area contributed by atoms with Gasteiger partial charge in [0.1, 0.15) is 6.33 Å². The lowest BCUT2D eigenvalue weighted by Crippen LogP contribution is -2.43. The van der Waals surface area contributed by atoms with Crippen LogP contribution in [0.5, 0.6) is 0 Å². The molecule has 136 valence electrons. The maximum absolute atomic E-state index is 12.6. The molecule has 1 aromatic heterocycles. The number of aliphatic hydroxyl groups excluding tert-OH is 1. The van der Waals surface area contributed by atoms with E-state index in [2.05, 4.69) is 10.3 Å². The standard InChI is InChI=1S/C16H15ClN4O5/c1-20-5-11-13(14(23)19-9(6-22)16(25)26)18-7-21(11)10-4-2-3-8(17)12(10)15(20)24/h2-4,7,9,22H,5-6H2,1H3,(H,19,23)(H,25,26)/t9-/m0/s1. The molecule has 1 aliphatic rings. The van der Waals surface area contributed by atoms with E-state index in [0.29, 0.717) is 16.9 Å². The average molecular weight is 379 g/mol. The number of carbonyl (C=O) groups is 3. The predicted octanol–water partition coefficient (Wildman–Crippen LogP) is 0.287. The maximum Gasteiger partial charge on any atom is 0.328 e. The normalized spacial score (nSPS) is 14.3. The number of rotatable bonds is 4. The highest BCUT2D eigenvalue weighted by Gasteiger charge is 2.31. The molecule has 26 heavy (non-hydrogen) atoms. The van der Waals surface area contributed by atoms with Crippen LogP contribution in [-0.2, 0) is 11.3 Å². The number of imidazole rings is 1. The molecule has 1 aliphatic heterocycles. The van der Waals surface area contributed by atoms with Gasteiger partial charge >= 0.3 is 5.97 Å². The first kappa shape index (κ1) is 17.9. The molecule has 2 heterocycles. The number of aliphatic carboxylic acids is 1. The number of aromatic nitrogens is 2. The lowest BCUT2D eigenvalue weighted by molar-refractivity contribution is -0.140. The van der Waals surface area contributed by atoms with Gasteiger partial charge in [-0.25, -0.2) is 9.78 Å². The average Bonchev–Trinajstić information content (AvgIpc) is 2.97.